The second kappa shape index (κ2) is 2.76. The molecule has 0 amide bonds. The van der Waals surface area contributed by atoms with Crippen LogP contribution in [0.25, 0.3) is 11.1 Å². The maximum atomic E-state index is 5.79. The number of aryl methyl sites for hydroxylation is 2. The fraction of sp³-hybridized carbons (Fsp3) is 0.300. The average molecular weight is 176 g/mol. The number of nitrogen functional groups attached to an aromatic ring is 1. The molecular formula is C10H12N2O. The molecule has 0 aliphatic heterocycles. The Balaban J connectivity index is 2.88. The predicted octanol–water partition coefficient (Wildman–Crippen LogP) is 2.28. The molecule has 3 nitrogen and oxygen atoms in total. The lowest BCUT2D eigenvalue weighted by Gasteiger charge is -2.02. The van der Waals surface area contributed by atoms with Gasteiger partial charge in [-0.05, 0) is 24.5 Å². The maximum absolute atomic E-state index is 5.79. The molecule has 0 aliphatic carbocycles. The van der Waals surface area contributed by atoms with E-state index in [4.69, 9.17) is 10.2 Å². The fourth-order valence-corrected chi connectivity index (χ4v) is 1.65. The molecule has 0 spiro atoms. The van der Waals surface area contributed by atoms with Gasteiger partial charge in [-0.25, -0.2) is 4.98 Å². The Hall–Kier alpha value is -1.51. The summed E-state index contributed by atoms with van der Waals surface area (Å²) in [6.45, 7) is 4.14. The van der Waals surface area contributed by atoms with Crippen molar-refractivity contribution in [2.45, 2.75) is 20.3 Å². The van der Waals surface area contributed by atoms with Crippen LogP contribution in [0.5, 0.6) is 0 Å². The van der Waals surface area contributed by atoms with Crippen molar-refractivity contribution in [1.29, 1.82) is 0 Å². The lowest BCUT2D eigenvalue weighted by molar-refractivity contribution is 0.604. The van der Waals surface area contributed by atoms with Crippen molar-refractivity contribution in [2.24, 2.45) is 0 Å². The molecule has 0 saturated heterocycles. The molecule has 0 aromatic carbocycles. The summed E-state index contributed by atoms with van der Waals surface area (Å²) in [5.41, 5.74) is 9.51. The van der Waals surface area contributed by atoms with Gasteiger partial charge in [-0.1, -0.05) is 6.92 Å². The molecule has 0 saturated carbocycles. The van der Waals surface area contributed by atoms with Crippen LogP contribution < -0.4 is 5.73 Å². The van der Waals surface area contributed by atoms with Crippen LogP contribution in [0.3, 0.4) is 0 Å². The van der Waals surface area contributed by atoms with Crippen LogP contribution in [0.15, 0.2) is 16.9 Å². The largest absolute Gasteiger partial charge is 0.444 e. The quantitative estimate of drug-likeness (QED) is 0.725. The second-order valence-electron chi connectivity index (χ2n) is 3.14. The Morgan fingerprint density at radius 2 is 2.31 bits per heavy atom. The highest BCUT2D eigenvalue weighted by atomic mass is 16.3. The lowest BCUT2D eigenvalue weighted by atomic mass is 10.1. The molecule has 0 aliphatic rings. The maximum Gasteiger partial charge on any atom is 0.228 e. The molecule has 0 radical (unpaired) electrons. The van der Waals surface area contributed by atoms with Crippen molar-refractivity contribution >= 4 is 16.8 Å². The smallest absolute Gasteiger partial charge is 0.228 e. The molecule has 2 aromatic heterocycles. The zero-order chi connectivity index (χ0) is 9.42. The van der Waals surface area contributed by atoms with Gasteiger partial charge < -0.3 is 10.2 Å². The number of hydrogen-bond acceptors (Lipinski definition) is 3. The van der Waals surface area contributed by atoms with Crippen LogP contribution in [0.4, 0.5) is 5.69 Å². The van der Waals surface area contributed by atoms with E-state index in [0.717, 1.165) is 11.8 Å². The number of fused-ring (bicyclic) bond motifs is 1. The van der Waals surface area contributed by atoms with Crippen molar-refractivity contribution in [2.75, 3.05) is 5.73 Å². The van der Waals surface area contributed by atoms with Gasteiger partial charge in [-0.3, -0.25) is 0 Å². The summed E-state index contributed by atoms with van der Waals surface area (Å²) in [7, 11) is 0. The van der Waals surface area contributed by atoms with Crippen molar-refractivity contribution in [1.82, 2.24) is 4.98 Å². The first-order valence-electron chi connectivity index (χ1n) is 4.35. The van der Waals surface area contributed by atoms with Gasteiger partial charge in [-0.15, -0.1) is 0 Å². The highest BCUT2D eigenvalue weighted by Crippen LogP contribution is 2.27. The monoisotopic (exact) mass is 176 g/mol. The second-order valence-corrected chi connectivity index (χ2v) is 3.14. The number of nitrogens with zero attached hydrogens (tertiary/aromatic N) is 1. The van der Waals surface area contributed by atoms with E-state index >= 15 is 0 Å². The van der Waals surface area contributed by atoms with Gasteiger partial charge in [0.1, 0.15) is 6.26 Å². The topological polar surface area (TPSA) is 52.0 Å². The van der Waals surface area contributed by atoms with Crippen molar-refractivity contribution in [3.63, 3.8) is 0 Å². The van der Waals surface area contributed by atoms with Crippen molar-refractivity contribution < 1.29 is 4.42 Å². The minimum Gasteiger partial charge on any atom is -0.444 e. The van der Waals surface area contributed by atoms with Gasteiger partial charge in [0.25, 0.3) is 0 Å². The molecular weight excluding hydrogens is 164 g/mol. The van der Waals surface area contributed by atoms with Gasteiger partial charge >= 0.3 is 0 Å². The first kappa shape index (κ1) is 8.10. The minimum atomic E-state index is 0.639. The number of anilines is 1. The van der Waals surface area contributed by atoms with E-state index in [1.54, 1.807) is 6.26 Å². The predicted molar refractivity (Wildman–Crippen MR) is 52.5 cm³/mol. The standard InChI is InChI=1S/C10H12N2O/c1-3-7-6(2)4-12-10-9(7)8(11)5-13-10/h4-5H,3,11H2,1-2H3. The van der Waals surface area contributed by atoms with E-state index in [2.05, 4.69) is 11.9 Å². The van der Waals surface area contributed by atoms with E-state index in [0.29, 0.717) is 11.4 Å². The van der Waals surface area contributed by atoms with E-state index in [9.17, 15) is 0 Å². The fourth-order valence-electron chi connectivity index (χ4n) is 1.65. The van der Waals surface area contributed by atoms with Gasteiger partial charge in [0.2, 0.25) is 5.71 Å². The van der Waals surface area contributed by atoms with E-state index in [1.807, 2.05) is 13.1 Å². The van der Waals surface area contributed by atoms with Crippen LogP contribution in [0.1, 0.15) is 18.1 Å². The molecule has 13 heavy (non-hydrogen) atoms. The van der Waals surface area contributed by atoms with Crippen LogP contribution in [-0.2, 0) is 6.42 Å². The third kappa shape index (κ3) is 1.08. The normalized spacial score (nSPS) is 10.9. The van der Waals surface area contributed by atoms with Crippen LogP contribution in [0, 0.1) is 6.92 Å². The third-order valence-corrected chi connectivity index (χ3v) is 2.31. The van der Waals surface area contributed by atoms with E-state index in [1.165, 1.54) is 11.1 Å². The molecule has 2 rings (SSSR count). The summed E-state index contributed by atoms with van der Waals surface area (Å²) in [5, 5.41) is 0.975. The molecule has 2 aromatic rings. The summed E-state index contributed by atoms with van der Waals surface area (Å²) in [5.74, 6) is 0. The number of pyridine rings is 1. The van der Waals surface area contributed by atoms with Gasteiger partial charge in [0.15, 0.2) is 0 Å². The van der Waals surface area contributed by atoms with Crippen LogP contribution in [-0.4, -0.2) is 4.98 Å². The Labute approximate surface area is 76.6 Å². The molecule has 2 heterocycles. The summed E-state index contributed by atoms with van der Waals surface area (Å²) >= 11 is 0. The summed E-state index contributed by atoms with van der Waals surface area (Å²) in [6, 6.07) is 0. The number of furan rings is 1. The molecule has 0 fully saturated rings. The molecule has 0 atom stereocenters. The van der Waals surface area contributed by atoms with Crippen molar-refractivity contribution in [3.05, 3.63) is 23.6 Å². The summed E-state index contributed by atoms with van der Waals surface area (Å²) in [4.78, 5) is 4.16. The molecule has 2 N–H and O–H groups in total. The molecule has 68 valence electrons. The zero-order valence-corrected chi connectivity index (χ0v) is 7.79. The Morgan fingerprint density at radius 1 is 1.54 bits per heavy atom. The third-order valence-electron chi connectivity index (χ3n) is 2.31. The minimum absolute atomic E-state index is 0.639. The number of nitrogens with two attached hydrogens (primary N) is 1. The lowest BCUT2D eigenvalue weighted by Crippen LogP contribution is -1.92. The van der Waals surface area contributed by atoms with E-state index < -0.39 is 0 Å². The summed E-state index contributed by atoms with van der Waals surface area (Å²) in [6.07, 6.45) is 4.33. The van der Waals surface area contributed by atoms with E-state index in [-0.39, 0.29) is 0 Å². The van der Waals surface area contributed by atoms with Gasteiger partial charge in [0, 0.05) is 6.20 Å². The van der Waals surface area contributed by atoms with Gasteiger partial charge in [-0.2, -0.15) is 0 Å². The average Bonchev–Trinajstić information content (AvgIpc) is 2.49. The zero-order valence-electron chi connectivity index (χ0n) is 7.79. The molecule has 3 heteroatoms. The first-order chi connectivity index (χ1) is 6.24. The Kier molecular flexibility index (Phi) is 1.72. The Bertz CT molecular complexity index is 445. The highest BCUT2D eigenvalue weighted by molar-refractivity contribution is 5.90. The number of hydrogen-bond donors (Lipinski definition) is 1. The number of aromatic nitrogens is 1. The first-order valence-corrected chi connectivity index (χ1v) is 4.35. The van der Waals surface area contributed by atoms with Crippen LogP contribution >= 0.6 is 0 Å². The number of rotatable bonds is 1. The molecule has 0 bridgehead atoms. The summed E-state index contributed by atoms with van der Waals surface area (Å²) < 4.78 is 5.21. The van der Waals surface area contributed by atoms with Gasteiger partial charge in [0.05, 0.1) is 11.1 Å². The molecule has 0 unspecified atom stereocenters. The van der Waals surface area contributed by atoms with Crippen molar-refractivity contribution in [3.8, 4) is 0 Å². The van der Waals surface area contributed by atoms with Crippen LogP contribution in [0.2, 0.25) is 0 Å². The Morgan fingerprint density at radius 3 is 3.00 bits per heavy atom. The SMILES string of the molecule is CCc1c(C)cnc2occ(N)c12. The highest BCUT2D eigenvalue weighted by Gasteiger charge is 2.10.